The van der Waals surface area contributed by atoms with Crippen LogP contribution in [0.2, 0.25) is 0 Å². The average Bonchev–Trinajstić information content (AvgIpc) is 2.72. The largest absolute Gasteiger partial charge is 0.383 e. The van der Waals surface area contributed by atoms with E-state index in [1.54, 1.807) is 25.1 Å². The van der Waals surface area contributed by atoms with Crippen LogP contribution in [-0.4, -0.2) is 11.8 Å². The van der Waals surface area contributed by atoms with Crippen LogP contribution in [0, 0.1) is 6.92 Å². The van der Waals surface area contributed by atoms with Gasteiger partial charge >= 0.3 is 23.7 Å². The fourth-order valence-electron chi connectivity index (χ4n) is 4.57. The quantitative estimate of drug-likeness (QED) is 0.248. The summed E-state index contributed by atoms with van der Waals surface area (Å²) in [7, 11) is 1.22. The summed E-state index contributed by atoms with van der Waals surface area (Å²) in [6.07, 6.45) is 0.396. The molecule has 0 atom stereocenters. The molecule has 0 bridgehead atoms. The normalized spacial score (nSPS) is 20.3. The number of hydrogen-bond acceptors (Lipinski definition) is 0. The van der Waals surface area contributed by atoms with E-state index in [4.69, 9.17) is 0 Å². The van der Waals surface area contributed by atoms with Gasteiger partial charge in [0.05, 0.1) is 0 Å². The Balaban J connectivity index is 2.11. The summed E-state index contributed by atoms with van der Waals surface area (Å²) in [5, 5.41) is 1.65. The van der Waals surface area contributed by atoms with Gasteiger partial charge in [0.2, 0.25) is 5.69 Å². The number of alkyl halides is 8. The van der Waals surface area contributed by atoms with Crippen LogP contribution in [0.25, 0.3) is 22.0 Å². The molecule has 0 aliphatic heterocycles. The van der Waals surface area contributed by atoms with E-state index < -0.39 is 40.2 Å². The van der Waals surface area contributed by atoms with Gasteiger partial charge in [0.1, 0.15) is 12.6 Å². The number of nitrogens with zero attached hydrogens (tertiary/aromatic N) is 1. The first-order valence-electron chi connectivity index (χ1n) is 10.5. The maximum Gasteiger partial charge on any atom is 0.383 e. The monoisotopic (exact) mass is 488 g/mol. The number of halogens is 8. The summed E-state index contributed by atoms with van der Waals surface area (Å²) in [6, 6.07) is 9.48. The van der Waals surface area contributed by atoms with Crippen molar-refractivity contribution in [2.75, 3.05) is 0 Å². The minimum Gasteiger partial charge on any atom is -0.200 e. The molecule has 1 heterocycles. The Morgan fingerprint density at radius 3 is 1.76 bits per heavy atom. The number of aromatic nitrogens is 1. The fourth-order valence-corrected chi connectivity index (χ4v) is 4.57. The fraction of sp³-hybridized carbons (Fsp3) is 0.400. The van der Waals surface area contributed by atoms with E-state index in [1.165, 1.54) is 7.05 Å². The predicted octanol–water partition coefficient (Wildman–Crippen LogP) is 7.41. The first kappa shape index (κ1) is 24.4. The van der Waals surface area contributed by atoms with Crippen LogP contribution in [0.3, 0.4) is 0 Å². The number of pyridine rings is 1. The molecule has 0 unspecified atom stereocenters. The van der Waals surface area contributed by atoms with Gasteiger partial charge in [-0.05, 0) is 40.3 Å². The van der Waals surface area contributed by atoms with Gasteiger partial charge in [-0.25, -0.2) is 4.57 Å². The maximum absolute atomic E-state index is 14.7. The molecular formula is C25H22F8N+. The van der Waals surface area contributed by atoms with E-state index >= 15 is 0 Å². The topological polar surface area (TPSA) is 3.88 Å². The lowest BCUT2D eigenvalue weighted by molar-refractivity contribution is -0.661. The summed E-state index contributed by atoms with van der Waals surface area (Å²) >= 11 is 0. The second-order valence-electron chi connectivity index (χ2n) is 9.79. The Hall–Kier alpha value is -2.71. The summed E-state index contributed by atoms with van der Waals surface area (Å²) in [6.45, 7) is 7.48. The molecule has 182 valence electrons. The molecule has 0 saturated carbocycles. The standard InChI is InChI=1S/C25H22F8N/c1-13-14-8-6-7-9-15(14)17(21(2,3)4)10-16(13)20-11-18-19(12-34(20)5)23(28,29)25(32,33)24(30,31)22(18,26)27/h6-12H,1-5H3/q+1. The lowest BCUT2D eigenvalue weighted by atomic mass is 9.78. The second kappa shape index (κ2) is 6.92. The molecule has 0 saturated heterocycles. The molecule has 0 spiro atoms. The summed E-state index contributed by atoms with van der Waals surface area (Å²) in [5.74, 6) is -23.6. The van der Waals surface area contributed by atoms with Gasteiger partial charge in [0.25, 0.3) is 0 Å². The zero-order chi connectivity index (χ0) is 25.6. The van der Waals surface area contributed by atoms with Gasteiger partial charge < -0.3 is 0 Å². The van der Waals surface area contributed by atoms with Crippen LogP contribution in [-0.2, 0) is 24.3 Å². The summed E-state index contributed by atoms with van der Waals surface area (Å²) < 4.78 is 115. The zero-order valence-electron chi connectivity index (χ0n) is 19.0. The van der Waals surface area contributed by atoms with Crippen LogP contribution < -0.4 is 4.57 Å². The number of benzene rings is 2. The highest BCUT2D eigenvalue weighted by molar-refractivity contribution is 5.94. The number of rotatable bonds is 1. The molecule has 1 aromatic heterocycles. The van der Waals surface area contributed by atoms with E-state index in [2.05, 4.69) is 0 Å². The van der Waals surface area contributed by atoms with E-state index in [9.17, 15) is 35.1 Å². The average molecular weight is 488 g/mol. The third-order valence-corrected chi connectivity index (χ3v) is 6.53. The molecule has 1 aliphatic rings. The number of fused-ring (bicyclic) bond motifs is 2. The van der Waals surface area contributed by atoms with Gasteiger partial charge in [0, 0.05) is 17.2 Å². The molecule has 3 aromatic rings. The van der Waals surface area contributed by atoms with Crippen molar-refractivity contribution in [3.63, 3.8) is 0 Å². The first-order chi connectivity index (χ1) is 15.4. The Bertz CT molecular complexity index is 1320. The van der Waals surface area contributed by atoms with Crippen molar-refractivity contribution in [2.45, 2.75) is 56.8 Å². The zero-order valence-corrected chi connectivity index (χ0v) is 19.0. The molecule has 0 fully saturated rings. The van der Waals surface area contributed by atoms with E-state index in [0.717, 1.165) is 20.9 Å². The smallest absolute Gasteiger partial charge is 0.200 e. The maximum atomic E-state index is 14.7. The van der Waals surface area contributed by atoms with Crippen LogP contribution in [0.15, 0.2) is 42.6 Å². The molecule has 1 nitrogen and oxygen atoms in total. The van der Waals surface area contributed by atoms with Crippen LogP contribution in [0.4, 0.5) is 35.1 Å². The van der Waals surface area contributed by atoms with E-state index in [1.807, 2.05) is 32.9 Å². The molecule has 2 aromatic carbocycles. The van der Waals surface area contributed by atoms with Crippen LogP contribution in [0.5, 0.6) is 0 Å². The highest BCUT2D eigenvalue weighted by Crippen LogP contribution is 2.64. The predicted molar refractivity (Wildman–Crippen MR) is 112 cm³/mol. The Kier molecular flexibility index (Phi) is 4.97. The van der Waals surface area contributed by atoms with Crippen molar-refractivity contribution in [1.29, 1.82) is 0 Å². The highest BCUT2D eigenvalue weighted by atomic mass is 19.4. The number of hydrogen-bond donors (Lipinski definition) is 0. The Morgan fingerprint density at radius 2 is 1.24 bits per heavy atom. The molecule has 4 rings (SSSR count). The Labute approximate surface area is 191 Å². The van der Waals surface area contributed by atoms with Crippen LogP contribution >= 0.6 is 0 Å². The molecule has 1 aliphatic carbocycles. The third kappa shape index (κ3) is 2.94. The molecule has 34 heavy (non-hydrogen) atoms. The van der Waals surface area contributed by atoms with Crippen LogP contribution in [0.1, 0.15) is 43.0 Å². The lowest BCUT2D eigenvalue weighted by Crippen LogP contribution is -2.64. The van der Waals surface area contributed by atoms with E-state index in [0.29, 0.717) is 23.4 Å². The molecule has 9 heteroatoms. The summed E-state index contributed by atoms with van der Waals surface area (Å²) in [4.78, 5) is 0. The van der Waals surface area contributed by atoms with E-state index in [-0.39, 0.29) is 5.69 Å². The second-order valence-corrected chi connectivity index (χ2v) is 9.79. The minimum absolute atomic E-state index is 0.0796. The molecular weight excluding hydrogens is 466 g/mol. The summed E-state index contributed by atoms with van der Waals surface area (Å²) in [5.41, 5.74) is -2.38. The SMILES string of the molecule is Cc1c(-c2cc3c(c[n+]2C)C(F)(F)C(F)(F)C(F)(F)C3(F)F)cc(C(C)(C)C)c2ccccc12. The lowest BCUT2D eigenvalue weighted by Gasteiger charge is -2.42. The van der Waals surface area contributed by atoms with Crippen molar-refractivity contribution in [3.05, 3.63) is 64.8 Å². The van der Waals surface area contributed by atoms with Gasteiger partial charge in [-0.1, -0.05) is 45.0 Å². The van der Waals surface area contributed by atoms with Gasteiger partial charge in [-0.15, -0.1) is 0 Å². The Morgan fingerprint density at radius 1 is 0.735 bits per heavy atom. The minimum atomic E-state index is -6.29. The van der Waals surface area contributed by atoms with Gasteiger partial charge in [-0.2, -0.15) is 35.1 Å². The third-order valence-electron chi connectivity index (χ3n) is 6.53. The molecule has 0 amide bonds. The van der Waals surface area contributed by atoms with Crippen molar-refractivity contribution < 1.29 is 39.7 Å². The first-order valence-corrected chi connectivity index (χ1v) is 10.5. The van der Waals surface area contributed by atoms with Gasteiger partial charge in [-0.3, -0.25) is 0 Å². The number of aryl methyl sites for hydroxylation is 2. The van der Waals surface area contributed by atoms with Crippen molar-refractivity contribution >= 4 is 10.8 Å². The molecule has 0 N–H and O–H groups in total. The van der Waals surface area contributed by atoms with Crippen molar-refractivity contribution in [1.82, 2.24) is 0 Å². The van der Waals surface area contributed by atoms with Crippen molar-refractivity contribution in [3.8, 4) is 11.3 Å². The molecule has 0 radical (unpaired) electrons. The van der Waals surface area contributed by atoms with Gasteiger partial charge in [0.15, 0.2) is 6.20 Å². The van der Waals surface area contributed by atoms with Crippen molar-refractivity contribution in [2.24, 2.45) is 7.05 Å². The highest BCUT2D eigenvalue weighted by Gasteiger charge is 2.85.